The molecule has 0 unspecified atom stereocenters. The van der Waals surface area contributed by atoms with Crippen molar-refractivity contribution in [3.8, 4) is 0 Å². The molecule has 0 saturated carbocycles. The third-order valence-corrected chi connectivity index (χ3v) is 3.41. The summed E-state index contributed by atoms with van der Waals surface area (Å²) in [5.74, 6) is 0. The van der Waals surface area contributed by atoms with Gasteiger partial charge >= 0.3 is 0 Å². The van der Waals surface area contributed by atoms with Gasteiger partial charge in [-0.3, -0.25) is 0 Å². The number of ether oxygens (including phenoxy) is 3. The van der Waals surface area contributed by atoms with Gasteiger partial charge in [-0.1, -0.05) is 0 Å². The molecule has 0 spiro atoms. The highest BCUT2D eigenvalue weighted by Crippen LogP contribution is 2.07. The maximum atomic E-state index is 5.51. The van der Waals surface area contributed by atoms with E-state index >= 15 is 0 Å². The van der Waals surface area contributed by atoms with Crippen molar-refractivity contribution in [1.82, 2.24) is 0 Å². The van der Waals surface area contributed by atoms with E-state index in [2.05, 4.69) is 6.92 Å². The number of rotatable bonds is 13. The van der Waals surface area contributed by atoms with Crippen molar-refractivity contribution >= 4 is 0 Å². The minimum absolute atomic E-state index is 0. The summed E-state index contributed by atoms with van der Waals surface area (Å²) in [6.07, 6.45) is 0. The van der Waals surface area contributed by atoms with Crippen LogP contribution in [0.5, 0.6) is 0 Å². The number of nitrogens with zero attached hydrogens (tertiary/aromatic N) is 1. The van der Waals surface area contributed by atoms with Crippen molar-refractivity contribution in [2.45, 2.75) is 27.7 Å². The van der Waals surface area contributed by atoms with Crippen molar-refractivity contribution in [1.29, 1.82) is 0 Å². The van der Waals surface area contributed by atoms with Crippen LogP contribution >= 0.6 is 0 Å². The van der Waals surface area contributed by atoms with Crippen LogP contribution in [0.3, 0.4) is 0 Å². The molecule has 0 aromatic carbocycles. The molecule has 0 heterocycles. The van der Waals surface area contributed by atoms with Gasteiger partial charge in [0.05, 0.1) is 26.4 Å². The predicted octanol–water partition coefficient (Wildman–Crippen LogP) is 1.76. The highest BCUT2D eigenvalue weighted by molar-refractivity contribution is 4.45. The van der Waals surface area contributed by atoms with Gasteiger partial charge < -0.3 is 24.2 Å². The molecule has 0 saturated heterocycles. The Balaban J connectivity index is 0. The van der Waals surface area contributed by atoms with Crippen LogP contribution in [0.4, 0.5) is 0 Å². The fourth-order valence-electron chi connectivity index (χ4n) is 2.02. The molecule has 118 valence electrons. The van der Waals surface area contributed by atoms with Crippen molar-refractivity contribution in [2.75, 3.05) is 65.8 Å². The van der Waals surface area contributed by atoms with Gasteiger partial charge in [-0.25, -0.2) is 0 Å². The van der Waals surface area contributed by atoms with E-state index < -0.39 is 0 Å². The van der Waals surface area contributed by atoms with E-state index in [4.69, 9.17) is 14.2 Å². The van der Waals surface area contributed by atoms with Crippen LogP contribution in [0, 0.1) is 0 Å². The predicted molar refractivity (Wildman–Crippen MR) is 76.8 cm³/mol. The highest BCUT2D eigenvalue weighted by Gasteiger charge is 2.24. The molecule has 0 aliphatic rings. The van der Waals surface area contributed by atoms with Crippen LogP contribution in [0.1, 0.15) is 27.7 Å². The molecule has 0 atom stereocenters. The Morgan fingerprint density at radius 3 is 1.16 bits per heavy atom. The minimum Gasteiger partial charge on any atom is -0.870 e. The molecule has 0 bridgehead atoms. The van der Waals surface area contributed by atoms with Gasteiger partial charge in [-0.15, -0.1) is 0 Å². The molecule has 0 aromatic heterocycles. The second-order valence-electron chi connectivity index (χ2n) is 4.42. The first-order valence-electron chi connectivity index (χ1n) is 7.33. The molecule has 0 rings (SSSR count). The summed E-state index contributed by atoms with van der Waals surface area (Å²) in [4.78, 5) is 0. The van der Waals surface area contributed by atoms with Gasteiger partial charge in [0.2, 0.25) is 0 Å². The van der Waals surface area contributed by atoms with Crippen LogP contribution in [-0.4, -0.2) is 75.8 Å². The van der Waals surface area contributed by atoms with Gasteiger partial charge in [-0.05, 0) is 27.7 Å². The average Bonchev–Trinajstić information content (AvgIpc) is 2.39. The second kappa shape index (κ2) is 14.2. The summed E-state index contributed by atoms with van der Waals surface area (Å²) < 4.78 is 17.5. The Morgan fingerprint density at radius 2 is 0.947 bits per heavy atom. The van der Waals surface area contributed by atoms with Crippen molar-refractivity contribution in [2.24, 2.45) is 0 Å². The topological polar surface area (TPSA) is 57.7 Å². The lowest BCUT2D eigenvalue weighted by Gasteiger charge is -2.37. The first kappa shape index (κ1) is 21.1. The lowest BCUT2D eigenvalue weighted by molar-refractivity contribution is -0.927. The molecule has 0 amide bonds. The first-order chi connectivity index (χ1) is 8.74. The summed E-state index contributed by atoms with van der Waals surface area (Å²) in [7, 11) is 0. The van der Waals surface area contributed by atoms with Gasteiger partial charge in [0.15, 0.2) is 0 Å². The van der Waals surface area contributed by atoms with E-state index in [1.165, 1.54) is 0 Å². The van der Waals surface area contributed by atoms with E-state index in [-0.39, 0.29) is 5.48 Å². The number of hydrogen-bond acceptors (Lipinski definition) is 4. The molecule has 1 N–H and O–H groups in total. The normalized spacial score (nSPS) is 11.4. The van der Waals surface area contributed by atoms with E-state index in [9.17, 15) is 0 Å². The van der Waals surface area contributed by atoms with Crippen molar-refractivity contribution < 1.29 is 24.2 Å². The largest absolute Gasteiger partial charge is 0.870 e. The van der Waals surface area contributed by atoms with Gasteiger partial charge in [0, 0.05) is 19.8 Å². The Bertz CT molecular complexity index is 152. The molecule has 5 heteroatoms. The zero-order valence-corrected chi connectivity index (χ0v) is 13.2. The third kappa shape index (κ3) is 10.3. The standard InChI is InChI=1S/C14H32NO3.H2O/c1-5-15(9-12-16-6-2,10-13-17-7-3)11-14-18-8-4;/h5-14H2,1-4H3;1H2/q+1;/p-1. The average molecular weight is 279 g/mol. The maximum Gasteiger partial charge on any atom is 0.103 e. The van der Waals surface area contributed by atoms with Crippen LogP contribution in [0.25, 0.3) is 0 Å². The second-order valence-corrected chi connectivity index (χ2v) is 4.42. The van der Waals surface area contributed by atoms with Gasteiger partial charge in [-0.2, -0.15) is 0 Å². The van der Waals surface area contributed by atoms with Crippen molar-refractivity contribution in [3.05, 3.63) is 0 Å². The Morgan fingerprint density at radius 1 is 0.632 bits per heavy atom. The summed E-state index contributed by atoms with van der Waals surface area (Å²) in [5.41, 5.74) is 0. The van der Waals surface area contributed by atoms with E-state index in [1.54, 1.807) is 0 Å². The molecular weight excluding hydrogens is 246 g/mol. The van der Waals surface area contributed by atoms with Crippen LogP contribution in [0.2, 0.25) is 0 Å². The number of likely N-dealkylation sites (N-methyl/N-ethyl adjacent to an activating group) is 1. The van der Waals surface area contributed by atoms with Crippen LogP contribution < -0.4 is 0 Å². The molecule has 0 radical (unpaired) electrons. The van der Waals surface area contributed by atoms with E-state index in [1.807, 2.05) is 20.8 Å². The molecule has 19 heavy (non-hydrogen) atoms. The molecule has 0 aliphatic heterocycles. The SMILES string of the molecule is CCOCC[N+](CC)(CCOCC)CCOCC.[OH-]. The Hall–Kier alpha value is -0.200. The monoisotopic (exact) mass is 279 g/mol. The summed E-state index contributed by atoms with van der Waals surface area (Å²) in [5, 5.41) is 0. The third-order valence-electron chi connectivity index (χ3n) is 3.41. The van der Waals surface area contributed by atoms with Gasteiger partial charge in [0.25, 0.3) is 0 Å². The number of quaternary nitrogens is 1. The summed E-state index contributed by atoms with van der Waals surface area (Å²) >= 11 is 0. The van der Waals surface area contributed by atoms with Gasteiger partial charge in [0.1, 0.15) is 19.6 Å². The van der Waals surface area contributed by atoms with Crippen LogP contribution in [-0.2, 0) is 14.2 Å². The van der Waals surface area contributed by atoms with Crippen LogP contribution in [0.15, 0.2) is 0 Å². The first-order valence-corrected chi connectivity index (χ1v) is 7.33. The molecule has 0 fully saturated rings. The Labute approximate surface area is 118 Å². The minimum atomic E-state index is 0. The summed E-state index contributed by atoms with van der Waals surface area (Å²) in [6, 6.07) is 0. The smallest absolute Gasteiger partial charge is 0.103 e. The van der Waals surface area contributed by atoms with Crippen molar-refractivity contribution in [3.63, 3.8) is 0 Å². The molecule has 0 aliphatic carbocycles. The fourth-order valence-corrected chi connectivity index (χ4v) is 2.02. The Kier molecular flexibility index (Phi) is 15.8. The fraction of sp³-hybridized carbons (Fsp3) is 1.00. The molecular formula is C14H33NO4. The lowest BCUT2D eigenvalue weighted by atomic mass is 10.3. The maximum absolute atomic E-state index is 5.51. The molecule has 5 nitrogen and oxygen atoms in total. The molecule has 0 aromatic rings. The zero-order valence-electron chi connectivity index (χ0n) is 13.2. The zero-order chi connectivity index (χ0) is 13.7. The number of hydrogen-bond donors (Lipinski definition) is 0. The quantitative estimate of drug-likeness (QED) is 0.381. The lowest BCUT2D eigenvalue weighted by Crippen LogP contribution is -2.53. The summed E-state index contributed by atoms with van der Waals surface area (Å²) in [6.45, 7) is 17.5. The van der Waals surface area contributed by atoms with E-state index in [0.717, 1.165) is 70.3 Å². The highest BCUT2D eigenvalue weighted by atomic mass is 16.5. The van der Waals surface area contributed by atoms with E-state index in [0.29, 0.717) is 0 Å².